The first kappa shape index (κ1) is 22.1. The van der Waals surface area contributed by atoms with Gasteiger partial charge in [0, 0.05) is 11.7 Å². The molecule has 1 saturated heterocycles. The minimum atomic E-state index is -0.235. The maximum absolute atomic E-state index is 12.5. The number of ether oxygens (including phenoxy) is 1. The molecule has 156 valence electrons. The minimum absolute atomic E-state index is 0.0221. The number of carbonyl (C=O) groups excluding carboxylic acids is 2. The van der Waals surface area contributed by atoms with Crippen LogP contribution in [0.3, 0.4) is 0 Å². The molecule has 1 N–H and O–H groups in total. The minimum Gasteiger partial charge on any atom is -0.484 e. The van der Waals surface area contributed by atoms with Crippen LogP contribution in [0, 0.1) is 13.8 Å². The molecule has 30 heavy (non-hydrogen) atoms. The fourth-order valence-electron chi connectivity index (χ4n) is 2.94. The third-order valence-electron chi connectivity index (χ3n) is 4.66. The molecule has 0 aliphatic carbocycles. The number of thioether (sulfide) groups is 1. The van der Waals surface area contributed by atoms with Crippen molar-refractivity contribution in [2.45, 2.75) is 33.7 Å². The van der Waals surface area contributed by atoms with Gasteiger partial charge in [0.1, 0.15) is 10.1 Å². The Kier molecular flexibility index (Phi) is 6.95. The molecule has 7 heteroatoms. The molecule has 2 aromatic carbocycles. The van der Waals surface area contributed by atoms with Crippen molar-refractivity contribution in [3.8, 4) is 5.75 Å². The second-order valence-corrected chi connectivity index (χ2v) is 9.03. The first-order valence-electron chi connectivity index (χ1n) is 9.61. The third-order valence-corrected chi connectivity index (χ3v) is 5.99. The number of aryl methyl sites for hydroxylation is 2. The van der Waals surface area contributed by atoms with E-state index in [1.54, 1.807) is 23.1 Å². The Morgan fingerprint density at radius 1 is 1.20 bits per heavy atom. The first-order valence-corrected chi connectivity index (χ1v) is 10.8. The van der Waals surface area contributed by atoms with E-state index in [-0.39, 0.29) is 24.5 Å². The van der Waals surface area contributed by atoms with Crippen molar-refractivity contribution in [2.75, 3.05) is 11.9 Å². The van der Waals surface area contributed by atoms with Crippen LogP contribution in [0.4, 0.5) is 5.69 Å². The van der Waals surface area contributed by atoms with Crippen LogP contribution in [0.2, 0.25) is 0 Å². The van der Waals surface area contributed by atoms with Crippen LogP contribution in [-0.4, -0.2) is 33.7 Å². The molecule has 1 aliphatic heterocycles. The molecule has 1 fully saturated rings. The molecule has 2 aromatic rings. The van der Waals surface area contributed by atoms with Crippen molar-refractivity contribution in [3.63, 3.8) is 0 Å². The summed E-state index contributed by atoms with van der Waals surface area (Å²) in [5, 5.41) is 2.84. The lowest BCUT2D eigenvalue weighted by molar-refractivity contribution is -0.123. The number of hydrogen-bond acceptors (Lipinski definition) is 5. The summed E-state index contributed by atoms with van der Waals surface area (Å²) in [4.78, 5) is 27.0. The van der Waals surface area contributed by atoms with Crippen LogP contribution in [0.1, 0.15) is 30.5 Å². The normalized spacial score (nSPS) is 15.2. The van der Waals surface area contributed by atoms with Crippen LogP contribution in [-0.2, 0) is 9.59 Å². The van der Waals surface area contributed by atoms with Crippen molar-refractivity contribution in [2.24, 2.45) is 0 Å². The molecule has 3 rings (SSSR count). The van der Waals surface area contributed by atoms with Crippen molar-refractivity contribution in [1.82, 2.24) is 4.90 Å². The van der Waals surface area contributed by atoms with E-state index in [9.17, 15) is 9.59 Å². The van der Waals surface area contributed by atoms with Gasteiger partial charge >= 0.3 is 0 Å². The Morgan fingerprint density at radius 2 is 1.97 bits per heavy atom. The standard InChI is InChI=1S/C23H24N2O3S2/c1-14(2)25-22(27)20(30-23(25)29)12-17-6-5-7-19(11-17)28-13-21(26)24-18-9-8-15(3)16(4)10-18/h5-12,14H,13H2,1-4H3,(H,24,26)/b20-12-. The summed E-state index contributed by atoms with van der Waals surface area (Å²) in [6.45, 7) is 7.79. The summed E-state index contributed by atoms with van der Waals surface area (Å²) in [7, 11) is 0. The molecule has 1 heterocycles. The Labute approximate surface area is 186 Å². The number of anilines is 1. The zero-order valence-corrected chi connectivity index (χ0v) is 19.0. The Morgan fingerprint density at radius 3 is 2.63 bits per heavy atom. The highest BCUT2D eigenvalue weighted by molar-refractivity contribution is 8.26. The SMILES string of the molecule is Cc1ccc(NC(=O)COc2cccc(/C=C3\SC(=S)N(C(C)C)C3=O)c2)cc1C. The van der Waals surface area contributed by atoms with E-state index >= 15 is 0 Å². The lowest BCUT2D eigenvalue weighted by atomic mass is 10.1. The van der Waals surface area contributed by atoms with Gasteiger partial charge in [-0.1, -0.05) is 42.2 Å². The molecular formula is C23H24N2O3S2. The van der Waals surface area contributed by atoms with Gasteiger partial charge in [-0.25, -0.2) is 0 Å². The molecule has 2 amide bonds. The predicted octanol–water partition coefficient (Wildman–Crippen LogP) is 4.93. The monoisotopic (exact) mass is 440 g/mol. The van der Waals surface area contributed by atoms with Gasteiger partial charge < -0.3 is 10.1 Å². The zero-order chi connectivity index (χ0) is 21.8. The van der Waals surface area contributed by atoms with E-state index in [0.29, 0.717) is 15.0 Å². The Bertz CT molecular complexity index is 1030. The molecule has 0 unspecified atom stereocenters. The van der Waals surface area contributed by atoms with Crippen LogP contribution >= 0.6 is 24.0 Å². The largest absolute Gasteiger partial charge is 0.484 e. The molecule has 0 aromatic heterocycles. The average Bonchev–Trinajstić information content (AvgIpc) is 2.96. The highest BCUT2D eigenvalue weighted by Crippen LogP contribution is 2.34. The number of benzene rings is 2. The summed E-state index contributed by atoms with van der Waals surface area (Å²) < 4.78 is 6.20. The number of thiocarbonyl (C=S) groups is 1. The smallest absolute Gasteiger partial charge is 0.266 e. The maximum atomic E-state index is 12.5. The van der Waals surface area contributed by atoms with E-state index in [4.69, 9.17) is 17.0 Å². The molecule has 1 aliphatic rings. The van der Waals surface area contributed by atoms with E-state index in [1.807, 2.05) is 58.0 Å². The second kappa shape index (κ2) is 9.45. The van der Waals surface area contributed by atoms with Crippen LogP contribution in [0.25, 0.3) is 6.08 Å². The van der Waals surface area contributed by atoms with Crippen LogP contribution < -0.4 is 10.1 Å². The Balaban J connectivity index is 1.63. The molecular weight excluding hydrogens is 416 g/mol. The van der Waals surface area contributed by atoms with Gasteiger partial charge in [0.25, 0.3) is 11.8 Å². The number of rotatable bonds is 6. The van der Waals surface area contributed by atoms with Crippen LogP contribution in [0.15, 0.2) is 47.4 Å². The fraction of sp³-hybridized carbons (Fsp3) is 0.261. The van der Waals surface area contributed by atoms with Gasteiger partial charge in [-0.2, -0.15) is 0 Å². The highest BCUT2D eigenvalue weighted by Gasteiger charge is 2.33. The summed E-state index contributed by atoms with van der Waals surface area (Å²) in [5.41, 5.74) is 3.84. The lowest BCUT2D eigenvalue weighted by Crippen LogP contribution is -2.34. The summed E-state index contributed by atoms with van der Waals surface area (Å²) in [6.07, 6.45) is 1.80. The van der Waals surface area contributed by atoms with E-state index in [0.717, 1.165) is 16.8 Å². The van der Waals surface area contributed by atoms with Crippen molar-refractivity contribution >= 4 is 51.9 Å². The molecule has 0 bridgehead atoms. The molecule has 0 saturated carbocycles. The van der Waals surface area contributed by atoms with Crippen molar-refractivity contribution < 1.29 is 14.3 Å². The van der Waals surface area contributed by atoms with Gasteiger partial charge in [0.2, 0.25) is 0 Å². The van der Waals surface area contributed by atoms with Gasteiger partial charge in [-0.05, 0) is 74.7 Å². The molecule has 5 nitrogen and oxygen atoms in total. The molecule has 0 spiro atoms. The zero-order valence-electron chi connectivity index (χ0n) is 17.4. The predicted molar refractivity (Wildman–Crippen MR) is 127 cm³/mol. The lowest BCUT2D eigenvalue weighted by Gasteiger charge is -2.18. The number of nitrogens with one attached hydrogen (secondary N) is 1. The van der Waals surface area contributed by atoms with E-state index in [2.05, 4.69) is 5.32 Å². The summed E-state index contributed by atoms with van der Waals surface area (Å²) >= 11 is 6.61. The van der Waals surface area contributed by atoms with Gasteiger partial charge in [-0.3, -0.25) is 14.5 Å². The fourth-order valence-corrected chi connectivity index (χ4v) is 4.46. The summed E-state index contributed by atoms with van der Waals surface area (Å²) in [6, 6.07) is 13.1. The Hall–Kier alpha value is -2.64. The molecule has 0 atom stereocenters. The quantitative estimate of drug-likeness (QED) is 0.510. The topological polar surface area (TPSA) is 58.6 Å². The maximum Gasteiger partial charge on any atom is 0.266 e. The number of amides is 2. The first-order chi connectivity index (χ1) is 14.2. The van der Waals surface area contributed by atoms with Gasteiger partial charge in [0.05, 0.1) is 4.91 Å². The van der Waals surface area contributed by atoms with Crippen LogP contribution in [0.5, 0.6) is 5.75 Å². The highest BCUT2D eigenvalue weighted by atomic mass is 32.2. The van der Waals surface area contributed by atoms with Crippen molar-refractivity contribution in [3.05, 3.63) is 64.1 Å². The van der Waals surface area contributed by atoms with E-state index in [1.165, 1.54) is 17.3 Å². The second-order valence-electron chi connectivity index (χ2n) is 7.35. The summed E-state index contributed by atoms with van der Waals surface area (Å²) in [5.74, 6) is 0.235. The van der Waals surface area contributed by atoms with Gasteiger partial charge in [-0.15, -0.1) is 0 Å². The third kappa shape index (κ3) is 5.29. The number of hydrogen-bond donors (Lipinski definition) is 1. The number of nitrogens with zero attached hydrogens (tertiary/aromatic N) is 1. The van der Waals surface area contributed by atoms with Gasteiger partial charge in [0.15, 0.2) is 6.61 Å². The van der Waals surface area contributed by atoms with E-state index < -0.39 is 0 Å². The van der Waals surface area contributed by atoms with Crippen molar-refractivity contribution in [1.29, 1.82) is 0 Å². The average molecular weight is 441 g/mol. The molecule has 0 radical (unpaired) electrons. The number of carbonyl (C=O) groups is 2.